The fourth-order valence-electron chi connectivity index (χ4n) is 2.20. The molecule has 0 radical (unpaired) electrons. The Hall–Kier alpha value is -2.83. The first-order valence-corrected chi connectivity index (χ1v) is 6.77. The molecule has 6 nitrogen and oxygen atoms in total. The summed E-state index contributed by atoms with van der Waals surface area (Å²) in [6.45, 7) is 3.32. The van der Waals surface area contributed by atoms with Crippen molar-refractivity contribution >= 4 is 17.6 Å². The van der Waals surface area contributed by atoms with E-state index in [1.807, 2.05) is 0 Å². The van der Waals surface area contributed by atoms with Gasteiger partial charge in [0.15, 0.2) is 11.6 Å². The van der Waals surface area contributed by atoms with Crippen LogP contribution < -0.4 is 10.1 Å². The number of anilines is 1. The van der Waals surface area contributed by atoms with E-state index in [9.17, 15) is 14.0 Å². The average Bonchev–Trinajstić information content (AvgIpc) is 2.82. The number of furan rings is 1. The van der Waals surface area contributed by atoms with E-state index < -0.39 is 24.1 Å². The third kappa shape index (κ3) is 3.50. The van der Waals surface area contributed by atoms with Gasteiger partial charge in [0.25, 0.3) is 5.91 Å². The number of benzene rings is 1. The minimum absolute atomic E-state index is 0.0548. The Bertz CT molecular complexity index is 766. The molecule has 0 aliphatic rings. The normalized spacial score (nSPS) is 10.4. The maximum Gasteiger partial charge on any atom is 0.311 e. The van der Waals surface area contributed by atoms with Crippen LogP contribution in [0, 0.1) is 19.7 Å². The molecule has 2 aromatic rings. The number of halogens is 1. The molecule has 1 aromatic heterocycles. The molecule has 122 valence electrons. The third-order valence-electron chi connectivity index (χ3n) is 3.34. The summed E-state index contributed by atoms with van der Waals surface area (Å²) in [5.74, 6) is -2.14. The van der Waals surface area contributed by atoms with Crippen molar-refractivity contribution in [3.63, 3.8) is 0 Å². The fraction of sp³-hybridized carbons (Fsp3) is 0.250. The number of hydrogen-bond donors (Lipinski definition) is 2. The van der Waals surface area contributed by atoms with E-state index in [0.717, 1.165) is 6.07 Å². The minimum Gasteiger partial charge on any atom is -0.494 e. The zero-order valence-electron chi connectivity index (χ0n) is 12.9. The summed E-state index contributed by atoms with van der Waals surface area (Å²) in [7, 11) is 1.35. The predicted molar refractivity (Wildman–Crippen MR) is 80.4 cm³/mol. The summed E-state index contributed by atoms with van der Waals surface area (Å²) < 4.78 is 23.8. The molecule has 2 N–H and O–H groups in total. The summed E-state index contributed by atoms with van der Waals surface area (Å²) in [5.41, 5.74) is 1.53. The Morgan fingerprint density at radius 1 is 1.30 bits per heavy atom. The molecule has 7 heteroatoms. The first-order valence-electron chi connectivity index (χ1n) is 6.77. The summed E-state index contributed by atoms with van der Waals surface area (Å²) in [6, 6.07) is 2.61. The number of carboxylic acids is 1. The van der Waals surface area contributed by atoms with Crippen LogP contribution in [-0.4, -0.2) is 24.1 Å². The molecule has 0 saturated heterocycles. The molecule has 0 atom stereocenters. The van der Waals surface area contributed by atoms with E-state index in [2.05, 4.69) is 5.32 Å². The number of rotatable bonds is 5. The smallest absolute Gasteiger partial charge is 0.311 e. The molecule has 1 heterocycles. The maximum absolute atomic E-state index is 13.8. The molecular formula is C16H16FNO5. The maximum atomic E-state index is 13.8. The van der Waals surface area contributed by atoms with Crippen LogP contribution >= 0.6 is 0 Å². The first kappa shape index (κ1) is 16.5. The van der Waals surface area contributed by atoms with Crippen LogP contribution in [0.2, 0.25) is 0 Å². The summed E-state index contributed by atoms with van der Waals surface area (Å²) >= 11 is 0. The number of methoxy groups -OCH3 is 1. The van der Waals surface area contributed by atoms with Crippen LogP contribution in [0.1, 0.15) is 27.2 Å². The molecule has 0 unspecified atom stereocenters. The fourth-order valence-corrected chi connectivity index (χ4v) is 2.20. The van der Waals surface area contributed by atoms with Gasteiger partial charge in [-0.2, -0.15) is 0 Å². The van der Waals surface area contributed by atoms with E-state index >= 15 is 0 Å². The quantitative estimate of drug-likeness (QED) is 0.884. The lowest BCUT2D eigenvalue weighted by molar-refractivity contribution is -0.136. The molecule has 0 fully saturated rings. The number of carbonyl (C=O) groups excluding carboxylic acids is 1. The minimum atomic E-state index is -1.11. The molecule has 0 aliphatic heterocycles. The largest absolute Gasteiger partial charge is 0.494 e. The zero-order valence-corrected chi connectivity index (χ0v) is 12.9. The zero-order chi connectivity index (χ0) is 17.1. The van der Waals surface area contributed by atoms with Crippen molar-refractivity contribution < 1.29 is 28.2 Å². The number of amides is 1. The van der Waals surface area contributed by atoms with Crippen molar-refractivity contribution in [2.75, 3.05) is 12.4 Å². The van der Waals surface area contributed by atoms with Gasteiger partial charge in [-0.1, -0.05) is 0 Å². The van der Waals surface area contributed by atoms with Gasteiger partial charge in [-0.3, -0.25) is 9.59 Å². The van der Waals surface area contributed by atoms with Gasteiger partial charge < -0.3 is 19.6 Å². The average molecular weight is 321 g/mol. The molecule has 1 amide bonds. The number of nitrogens with one attached hydrogen (secondary N) is 1. The second-order valence-corrected chi connectivity index (χ2v) is 5.04. The van der Waals surface area contributed by atoms with Crippen LogP contribution in [0.3, 0.4) is 0 Å². The van der Waals surface area contributed by atoms with Gasteiger partial charge in [0.2, 0.25) is 0 Å². The number of carbonyl (C=O) groups is 2. The van der Waals surface area contributed by atoms with Crippen molar-refractivity contribution in [3.8, 4) is 5.75 Å². The second-order valence-electron chi connectivity index (χ2n) is 5.04. The third-order valence-corrected chi connectivity index (χ3v) is 3.34. The molecule has 2 rings (SSSR count). The van der Waals surface area contributed by atoms with Crippen LogP contribution in [-0.2, 0) is 11.2 Å². The van der Waals surface area contributed by atoms with Crippen molar-refractivity contribution in [3.05, 3.63) is 46.7 Å². The Morgan fingerprint density at radius 3 is 2.61 bits per heavy atom. The van der Waals surface area contributed by atoms with Crippen LogP contribution in [0.5, 0.6) is 5.75 Å². The Balaban J connectivity index is 2.31. The van der Waals surface area contributed by atoms with E-state index in [-0.39, 0.29) is 22.8 Å². The summed E-state index contributed by atoms with van der Waals surface area (Å²) in [5, 5.41) is 11.4. The highest BCUT2D eigenvalue weighted by atomic mass is 19.1. The van der Waals surface area contributed by atoms with Gasteiger partial charge in [0, 0.05) is 17.3 Å². The first-order chi connectivity index (χ1) is 10.8. The van der Waals surface area contributed by atoms with Crippen LogP contribution in [0.25, 0.3) is 0 Å². The highest BCUT2D eigenvalue weighted by molar-refractivity contribution is 6.06. The van der Waals surface area contributed by atoms with Crippen molar-refractivity contribution in [2.45, 2.75) is 20.3 Å². The number of hydrogen-bond acceptors (Lipinski definition) is 4. The van der Waals surface area contributed by atoms with Crippen molar-refractivity contribution in [2.24, 2.45) is 0 Å². The lowest BCUT2D eigenvalue weighted by Crippen LogP contribution is -2.16. The standard InChI is InChI=1S/C16H16FNO5/c1-8-4-12(22-3)10(17)5-11(8)18-16(21)15-9(2)7-23-13(15)6-14(19)20/h4-5,7H,6H2,1-3H3,(H,18,21)(H,19,20). The summed E-state index contributed by atoms with van der Waals surface area (Å²) in [6.07, 6.45) is 0.904. The monoisotopic (exact) mass is 321 g/mol. The van der Waals surface area contributed by atoms with Gasteiger partial charge in [0.05, 0.1) is 18.9 Å². The lowest BCUT2D eigenvalue weighted by atomic mass is 10.1. The van der Waals surface area contributed by atoms with Crippen molar-refractivity contribution in [1.82, 2.24) is 0 Å². The Kier molecular flexibility index (Phi) is 4.68. The molecule has 1 aromatic carbocycles. The van der Waals surface area contributed by atoms with Gasteiger partial charge in [-0.25, -0.2) is 4.39 Å². The molecular weight excluding hydrogens is 305 g/mol. The lowest BCUT2D eigenvalue weighted by Gasteiger charge is -2.11. The van der Waals surface area contributed by atoms with E-state index in [1.165, 1.54) is 19.4 Å². The number of ether oxygens (including phenoxy) is 1. The second kappa shape index (κ2) is 6.51. The van der Waals surface area contributed by atoms with E-state index in [0.29, 0.717) is 11.1 Å². The number of aliphatic carboxylic acids is 1. The number of aryl methyl sites for hydroxylation is 2. The Labute approximate surface area is 131 Å². The van der Waals surface area contributed by atoms with Crippen LogP contribution in [0.4, 0.5) is 10.1 Å². The highest BCUT2D eigenvalue weighted by Gasteiger charge is 2.21. The van der Waals surface area contributed by atoms with Crippen molar-refractivity contribution in [1.29, 1.82) is 0 Å². The van der Waals surface area contributed by atoms with Gasteiger partial charge in [-0.05, 0) is 25.5 Å². The SMILES string of the molecule is COc1cc(C)c(NC(=O)c2c(C)coc2CC(=O)O)cc1F. The van der Waals surface area contributed by atoms with Gasteiger partial charge >= 0.3 is 5.97 Å². The highest BCUT2D eigenvalue weighted by Crippen LogP contribution is 2.26. The molecule has 0 saturated carbocycles. The topological polar surface area (TPSA) is 88.8 Å². The molecule has 23 heavy (non-hydrogen) atoms. The molecule has 0 bridgehead atoms. The van der Waals surface area contributed by atoms with E-state index in [4.69, 9.17) is 14.3 Å². The Morgan fingerprint density at radius 2 is 2.00 bits per heavy atom. The number of carboxylic acid groups (broad SMARTS) is 1. The summed E-state index contributed by atoms with van der Waals surface area (Å²) in [4.78, 5) is 23.2. The van der Waals surface area contributed by atoms with E-state index in [1.54, 1.807) is 13.8 Å². The molecule has 0 aliphatic carbocycles. The predicted octanol–water partition coefficient (Wildman–Crippen LogP) is 2.92. The van der Waals surface area contributed by atoms with Gasteiger partial charge in [0.1, 0.15) is 12.2 Å². The molecule has 0 spiro atoms. The van der Waals surface area contributed by atoms with Gasteiger partial charge in [-0.15, -0.1) is 0 Å². The van der Waals surface area contributed by atoms with Crippen LogP contribution in [0.15, 0.2) is 22.8 Å².